The van der Waals surface area contributed by atoms with E-state index in [1.807, 2.05) is 39.0 Å². The summed E-state index contributed by atoms with van der Waals surface area (Å²) in [5, 5.41) is 3.13. The summed E-state index contributed by atoms with van der Waals surface area (Å²) in [7, 11) is 0. The van der Waals surface area contributed by atoms with Crippen LogP contribution in [0, 0.1) is 12.7 Å². The molecule has 1 amide bonds. The van der Waals surface area contributed by atoms with E-state index in [1.165, 1.54) is 17.8 Å². The molecule has 0 aromatic heterocycles. The molecule has 0 bridgehead atoms. The van der Waals surface area contributed by atoms with Gasteiger partial charge < -0.3 is 10.1 Å². The van der Waals surface area contributed by atoms with E-state index >= 15 is 0 Å². The monoisotopic (exact) mass is 373 g/mol. The van der Waals surface area contributed by atoms with Crippen molar-refractivity contribution in [3.05, 3.63) is 65.0 Å². The molecule has 138 valence electrons. The van der Waals surface area contributed by atoms with Gasteiger partial charge in [-0.05, 0) is 38.5 Å². The molecular formula is C21H24FNO2S. The van der Waals surface area contributed by atoms with E-state index in [1.54, 1.807) is 12.1 Å². The molecule has 5 heteroatoms. The Morgan fingerprint density at radius 2 is 2.08 bits per heavy atom. The maximum absolute atomic E-state index is 13.6. The molecule has 0 unspecified atom stereocenters. The maximum Gasteiger partial charge on any atom is 0.230 e. The highest BCUT2D eigenvalue weighted by molar-refractivity contribution is 7.99. The Bertz CT molecular complexity index is 806. The van der Waals surface area contributed by atoms with Crippen molar-refractivity contribution in [2.45, 2.75) is 44.6 Å². The number of benzene rings is 2. The lowest BCUT2D eigenvalue weighted by molar-refractivity contribution is -0.119. The van der Waals surface area contributed by atoms with Crippen molar-refractivity contribution in [1.29, 1.82) is 0 Å². The summed E-state index contributed by atoms with van der Waals surface area (Å²) in [6, 6.07) is 12.7. The first kappa shape index (κ1) is 18.8. The summed E-state index contributed by atoms with van der Waals surface area (Å²) in [6.07, 6.45) is 0.715. The molecule has 2 aromatic carbocycles. The zero-order chi connectivity index (χ0) is 18.7. The molecule has 3 rings (SSSR count). The number of amides is 1. The van der Waals surface area contributed by atoms with Gasteiger partial charge in [-0.1, -0.05) is 35.9 Å². The highest BCUT2D eigenvalue weighted by Crippen LogP contribution is 2.39. The van der Waals surface area contributed by atoms with Crippen LogP contribution in [0.25, 0.3) is 0 Å². The molecule has 0 aliphatic carbocycles. The molecule has 0 saturated heterocycles. The number of hydrogen-bond acceptors (Lipinski definition) is 3. The lowest BCUT2D eigenvalue weighted by Gasteiger charge is -2.38. The minimum Gasteiger partial charge on any atom is -0.487 e. The number of ether oxygens (including phenoxy) is 1. The number of carbonyl (C=O) groups is 1. The van der Waals surface area contributed by atoms with Gasteiger partial charge in [0.05, 0.1) is 11.8 Å². The third kappa shape index (κ3) is 4.58. The van der Waals surface area contributed by atoms with Crippen molar-refractivity contribution in [2.75, 3.05) is 5.75 Å². The SMILES string of the molecule is Cc1ccc2c(c1)[C@@H](NC(=O)CSCc1ccccc1F)CC(C)(C)O2. The van der Waals surface area contributed by atoms with E-state index in [4.69, 9.17) is 4.74 Å². The number of aryl methyl sites for hydroxylation is 1. The van der Waals surface area contributed by atoms with Crippen LogP contribution in [0.2, 0.25) is 0 Å². The van der Waals surface area contributed by atoms with E-state index in [0.29, 0.717) is 23.5 Å². The number of fused-ring (bicyclic) bond motifs is 1. The fourth-order valence-corrected chi connectivity index (χ4v) is 4.03. The van der Waals surface area contributed by atoms with Gasteiger partial charge in [-0.3, -0.25) is 4.79 Å². The lowest BCUT2D eigenvalue weighted by atomic mass is 9.89. The lowest BCUT2D eigenvalue weighted by Crippen LogP contribution is -2.41. The minimum absolute atomic E-state index is 0.0403. The summed E-state index contributed by atoms with van der Waals surface area (Å²) in [5.41, 5.74) is 2.45. The van der Waals surface area contributed by atoms with Gasteiger partial charge >= 0.3 is 0 Å². The van der Waals surface area contributed by atoms with Crippen molar-refractivity contribution in [2.24, 2.45) is 0 Å². The zero-order valence-corrected chi connectivity index (χ0v) is 16.2. The van der Waals surface area contributed by atoms with E-state index in [2.05, 4.69) is 11.4 Å². The molecule has 26 heavy (non-hydrogen) atoms. The van der Waals surface area contributed by atoms with Crippen LogP contribution in [0.4, 0.5) is 4.39 Å². The second-order valence-corrected chi connectivity index (χ2v) is 8.30. The first-order valence-corrected chi connectivity index (χ1v) is 9.90. The number of nitrogens with one attached hydrogen (secondary N) is 1. The first-order valence-electron chi connectivity index (χ1n) is 8.74. The molecule has 2 aromatic rings. The second kappa shape index (κ2) is 7.70. The molecular weight excluding hydrogens is 349 g/mol. The Hall–Kier alpha value is -2.01. The minimum atomic E-state index is -0.333. The predicted molar refractivity (Wildman–Crippen MR) is 104 cm³/mol. The van der Waals surface area contributed by atoms with Gasteiger partial charge in [-0.2, -0.15) is 0 Å². The van der Waals surface area contributed by atoms with Gasteiger partial charge in [-0.25, -0.2) is 4.39 Å². The molecule has 0 spiro atoms. The molecule has 1 aliphatic heterocycles. The van der Waals surface area contributed by atoms with Gasteiger partial charge in [0.2, 0.25) is 5.91 Å². The van der Waals surface area contributed by atoms with Crippen LogP contribution in [-0.4, -0.2) is 17.3 Å². The molecule has 1 atom stereocenters. The summed E-state index contributed by atoms with van der Waals surface area (Å²) in [6.45, 7) is 6.09. The van der Waals surface area contributed by atoms with Gasteiger partial charge in [-0.15, -0.1) is 11.8 Å². The molecule has 1 aliphatic rings. The molecule has 3 nitrogen and oxygen atoms in total. The Labute approximate surface area is 158 Å². The van der Waals surface area contributed by atoms with Crippen LogP contribution in [0.5, 0.6) is 5.75 Å². The van der Waals surface area contributed by atoms with Gasteiger partial charge in [0.1, 0.15) is 17.2 Å². The standard InChI is InChI=1S/C21H24FNO2S/c1-14-8-9-19-16(10-14)18(11-21(2,3)25-19)23-20(24)13-26-12-15-6-4-5-7-17(15)22/h4-10,18H,11-13H2,1-3H3,(H,23,24)/t18-/m0/s1. The average molecular weight is 373 g/mol. The van der Waals surface area contributed by atoms with Crippen molar-refractivity contribution in [3.63, 3.8) is 0 Å². The molecule has 0 radical (unpaired) electrons. The van der Waals surface area contributed by atoms with Crippen molar-refractivity contribution < 1.29 is 13.9 Å². The number of carbonyl (C=O) groups excluding carboxylic acids is 1. The zero-order valence-electron chi connectivity index (χ0n) is 15.3. The normalized spacial score (nSPS) is 17.9. The summed E-state index contributed by atoms with van der Waals surface area (Å²) in [5.74, 6) is 1.34. The molecule has 0 saturated carbocycles. The topological polar surface area (TPSA) is 38.3 Å². The molecule has 1 heterocycles. The van der Waals surface area contributed by atoms with E-state index < -0.39 is 0 Å². The van der Waals surface area contributed by atoms with Crippen molar-refractivity contribution in [1.82, 2.24) is 5.32 Å². The summed E-state index contributed by atoms with van der Waals surface area (Å²) < 4.78 is 19.7. The largest absolute Gasteiger partial charge is 0.487 e. The third-order valence-corrected chi connectivity index (χ3v) is 5.39. The molecule has 0 fully saturated rings. The fraction of sp³-hybridized carbons (Fsp3) is 0.381. The quantitative estimate of drug-likeness (QED) is 0.819. The summed E-state index contributed by atoms with van der Waals surface area (Å²) in [4.78, 5) is 12.4. The van der Waals surface area contributed by atoms with Crippen LogP contribution in [0.1, 0.15) is 43.0 Å². The number of halogens is 1. The van der Waals surface area contributed by atoms with E-state index in [9.17, 15) is 9.18 Å². The molecule has 1 N–H and O–H groups in total. The van der Waals surface area contributed by atoms with Gasteiger partial charge in [0, 0.05) is 17.7 Å². The third-order valence-electron chi connectivity index (χ3n) is 4.41. The van der Waals surface area contributed by atoms with Crippen LogP contribution in [0.15, 0.2) is 42.5 Å². The van der Waals surface area contributed by atoms with Crippen molar-refractivity contribution >= 4 is 17.7 Å². The smallest absolute Gasteiger partial charge is 0.230 e. The number of hydrogen-bond donors (Lipinski definition) is 1. The second-order valence-electron chi connectivity index (χ2n) is 7.31. The fourth-order valence-electron chi connectivity index (χ4n) is 3.21. The Morgan fingerprint density at radius 3 is 2.85 bits per heavy atom. The van der Waals surface area contributed by atoms with Gasteiger partial charge in [0.15, 0.2) is 0 Å². The average Bonchev–Trinajstić information content (AvgIpc) is 2.56. The Balaban J connectivity index is 1.62. The highest BCUT2D eigenvalue weighted by atomic mass is 32.2. The Morgan fingerprint density at radius 1 is 1.31 bits per heavy atom. The summed E-state index contributed by atoms with van der Waals surface area (Å²) >= 11 is 1.42. The van der Waals surface area contributed by atoms with Crippen LogP contribution in [0.3, 0.4) is 0 Å². The van der Waals surface area contributed by atoms with E-state index in [0.717, 1.165) is 16.9 Å². The van der Waals surface area contributed by atoms with Crippen molar-refractivity contribution in [3.8, 4) is 5.75 Å². The van der Waals surface area contributed by atoms with Crippen LogP contribution in [-0.2, 0) is 10.5 Å². The van der Waals surface area contributed by atoms with Gasteiger partial charge in [0.25, 0.3) is 0 Å². The van der Waals surface area contributed by atoms with Crippen LogP contribution >= 0.6 is 11.8 Å². The first-order chi connectivity index (χ1) is 12.3. The van der Waals surface area contributed by atoms with E-state index in [-0.39, 0.29) is 23.4 Å². The Kier molecular flexibility index (Phi) is 5.56. The number of rotatable bonds is 5. The van der Waals surface area contributed by atoms with Crippen LogP contribution < -0.4 is 10.1 Å². The highest BCUT2D eigenvalue weighted by Gasteiger charge is 2.34. The maximum atomic E-state index is 13.6. The number of thioether (sulfide) groups is 1. The predicted octanol–water partition coefficient (Wildman–Crippen LogP) is 4.79.